The van der Waals surface area contributed by atoms with Crippen molar-refractivity contribution < 1.29 is 0 Å². The van der Waals surface area contributed by atoms with Gasteiger partial charge < -0.3 is 5.32 Å². The van der Waals surface area contributed by atoms with E-state index < -0.39 is 0 Å². The average molecular weight is 247 g/mol. The molecule has 0 aromatic carbocycles. The Kier molecular flexibility index (Phi) is 8.86. The fourth-order valence-electron chi connectivity index (χ4n) is 1.62. The molecule has 0 amide bonds. The van der Waals surface area contributed by atoms with Gasteiger partial charge in [-0.2, -0.15) is 5.26 Å². The third kappa shape index (κ3) is 7.81. The van der Waals surface area contributed by atoms with E-state index in [1.54, 1.807) is 6.20 Å². The number of hydrogen-bond donors (Lipinski definition) is 1. The molecule has 0 aliphatic heterocycles. The standard InChI is InChI=1S/C9H10N2.C6H15N/c1-2-8(7-10)9-5-3-4-6-11-9;1-5(2)7-6(3)4/h3-6,8H,2H2,1H3;5-7H,1-4H3. The van der Waals surface area contributed by atoms with Crippen molar-refractivity contribution in [2.75, 3.05) is 0 Å². The molecule has 1 aromatic heterocycles. The van der Waals surface area contributed by atoms with Crippen LogP contribution in [0.1, 0.15) is 52.7 Å². The van der Waals surface area contributed by atoms with Crippen LogP contribution in [0.3, 0.4) is 0 Å². The zero-order valence-corrected chi connectivity index (χ0v) is 12.1. The van der Waals surface area contributed by atoms with Gasteiger partial charge >= 0.3 is 0 Å². The Morgan fingerprint density at radius 3 is 2.11 bits per heavy atom. The number of nitriles is 1. The van der Waals surface area contributed by atoms with Crippen LogP contribution in [0.15, 0.2) is 24.4 Å². The van der Waals surface area contributed by atoms with Crippen molar-refractivity contribution in [3.05, 3.63) is 30.1 Å². The van der Waals surface area contributed by atoms with Gasteiger partial charge in [-0.1, -0.05) is 40.7 Å². The number of hydrogen-bond acceptors (Lipinski definition) is 3. The van der Waals surface area contributed by atoms with E-state index in [4.69, 9.17) is 5.26 Å². The van der Waals surface area contributed by atoms with Gasteiger partial charge in [-0.15, -0.1) is 0 Å². The highest BCUT2D eigenvalue weighted by Gasteiger charge is 2.06. The van der Waals surface area contributed by atoms with E-state index in [1.807, 2.05) is 25.1 Å². The number of pyridine rings is 1. The molecule has 1 rings (SSSR count). The zero-order chi connectivity index (χ0) is 14.0. The maximum Gasteiger partial charge on any atom is 0.0882 e. The molecule has 0 spiro atoms. The lowest BCUT2D eigenvalue weighted by molar-refractivity contribution is 0.518. The summed E-state index contributed by atoms with van der Waals surface area (Å²) in [6.07, 6.45) is 2.54. The maximum absolute atomic E-state index is 8.69. The smallest absolute Gasteiger partial charge is 0.0882 e. The Hall–Kier alpha value is -1.40. The van der Waals surface area contributed by atoms with Gasteiger partial charge in [0.1, 0.15) is 0 Å². The largest absolute Gasteiger partial charge is 0.312 e. The fraction of sp³-hybridized carbons (Fsp3) is 0.600. The minimum atomic E-state index is -0.0452. The lowest BCUT2D eigenvalue weighted by Crippen LogP contribution is -2.29. The lowest BCUT2D eigenvalue weighted by atomic mass is 10.0. The third-order valence-electron chi connectivity index (χ3n) is 2.28. The minimum absolute atomic E-state index is 0.0452. The number of aromatic nitrogens is 1. The third-order valence-corrected chi connectivity index (χ3v) is 2.28. The summed E-state index contributed by atoms with van der Waals surface area (Å²) in [6.45, 7) is 10.6. The lowest BCUT2D eigenvalue weighted by Gasteiger charge is -2.10. The predicted octanol–water partition coefficient (Wildman–Crippen LogP) is 3.49. The molecule has 1 unspecified atom stereocenters. The summed E-state index contributed by atoms with van der Waals surface area (Å²) in [6, 6.07) is 9.10. The van der Waals surface area contributed by atoms with E-state index in [2.05, 4.69) is 44.1 Å². The molecule has 0 saturated heterocycles. The van der Waals surface area contributed by atoms with E-state index in [0.717, 1.165) is 12.1 Å². The quantitative estimate of drug-likeness (QED) is 0.886. The minimum Gasteiger partial charge on any atom is -0.312 e. The number of nitrogens with zero attached hydrogens (tertiary/aromatic N) is 2. The summed E-state index contributed by atoms with van der Waals surface area (Å²) in [4.78, 5) is 4.10. The van der Waals surface area contributed by atoms with Gasteiger partial charge in [0.25, 0.3) is 0 Å². The molecule has 1 N–H and O–H groups in total. The van der Waals surface area contributed by atoms with Crippen LogP contribution in [0.25, 0.3) is 0 Å². The first-order chi connectivity index (χ1) is 8.51. The predicted molar refractivity (Wildman–Crippen MR) is 76.3 cm³/mol. The van der Waals surface area contributed by atoms with Gasteiger partial charge in [0, 0.05) is 18.3 Å². The molecule has 1 atom stereocenters. The molecule has 0 saturated carbocycles. The second-order valence-corrected chi connectivity index (χ2v) is 4.82. The van der Waals surface area contributed by atoms with Crippen molar-refractivity contribution in [2.45, 2.75) is 59.0 Å². The Balaban J connectivity index is 0.000000360. The molecular formula is C15H25N3. The summed E-state index contributed by atoms with van der Waals surface area (Å²) in [5.41, 5.74) is 0.873. The van der Waals surface area contributed by atoms with Crippen LogP contribution in [0.2, 0.25) is 0 Å². The molecule has 3 heteroatoms. The summed E-state index contributed by atoms with van der Waals surface area (Å²) in [5, 5.41) is 12.0. The van der Waals surface area contributed by atoms with Crippen LogP contribution in [-0.4, -0.2) is 17.1 Å². The summed E-state index contributed by atoms with van der Waals surface area (Å²) in [7, 11) is 0. The fourth-order valence-corrected chi connectivity index (χ4v) is 1.62. The first-order valence-electron chi connectivity index (χ1n) is 6.57. The van der Waals surface area contributed by atoms with E-state index in [9.17, 15) is 0 Å². The average Bonchev–Trinajstić information content (AvgIpc) is 2.31. The Morgan fingerprint density at radius 2 is 1.83 bits per heavy atom. The van der Waals surface area contributed by atoms with Crippen molar-refractivity contribution in [1.29, 1.82) is 5.26 Å². The van der Waals surface area contributed by atoms with Crippen molar-refractivity contribution >= 4 is 0 Å². The van der Waals surface area contributed by atoms with Crippen molar-refractivity contribution in [3.8, 4) is 6.07 Å². The van der Waals surface area contributed by atoms with E-state index in [1.165, 1.54) is 0 Å². The molecular weight excluding hydrogens is 222 g/mol. The van der Waals surface area contributed by atoms with Gasteiger partial charge in [-0.3, -0.25) is 4.98 Å². The molecule has 1 heterocycles. The van der Waals surface area contributed by atoms with Crippen molar-refractivity contribution in [3.63, 3.8) is 0 Å². The molecule has 3 nitrogen and oxygen atoms in total. The van der Waals surface area contributed by atoms with Crippen LogP contribution >= 0.6 is 0 Å². The molecule has 0 aliphatic rings. The van der Waals surface area contributed by atoms with Crippen molar-refractivity contribution in [2.24, 2.45) is 0 Å². The monoisotopic (exact) mass is 247 g/mol. The molecule has 0 aliphatic carbocycles. The van der Waals surface area contributed by atoms with Gasteiger partial charge in [-0.05, 0) is 18.6 Å². The van der Waals surface area contributed by atoms with Crippen LogP contribution in [0.5, 0.6) is 0 Å². The highest BCUT2D eigenvalue weighted by atomic mass is 14.9. The Labute approximate surface area is 111 Å². The van der Waals surface area contributed by atoms with Crippen molar-refractivity contribution in [1.82, 2.24) is 10.3 Å². The van der Waals surface area contributed by atoms with E-state index in [-0.39, 0.29) is 5.92 Å². The number of nitrogens with one attached hydrogen (secondary N) is 1. The zero-order valence-electron chi connectivity index (χ0n) is 12.1. The molecule has 18 heavy (non-hydrogen) atoms. The molecule has 0 bridgehead atoms. The molecule has 0 fully saturated rings. The van der Waals surface area contributed by atoms with Crippen LogP contribution in [-0.2, 0) is 0 Å². The second kappa shape index (κ2) is 9.61. The maximum atomic E-state index is 8.69. The normalized spacial score (nSPS) is 11.7. The summed E-state index contributed by atoms with van der Waals surface area (Å²) < 4.78 is 0. The molecule has 0 radical (unpaired) electrons. The first-order valence-corrected chi connectivity index (χ1v) is 6.57. The molecule has 100 valence electrons. The highest BCUT2D eigenvalue weighted by Crippen LogP contribution is 2.14. The van der Waals surface area contributed by atoms with Gasteiger partial charge in [0.2, 0.25) is 0 Å². The highest BCUT2D eigenvalue weighted by molar-refractivity contribution is 5.15. The second-order valence-electron chi connectivity index (χ2n) is 4.82. The van der Waals surface area contributed by atoms with Gasteiger partial charge in [0.15, 0.2) is 0 Å². The Morgan fingerprint density at radius 1 is 1.22 bits per heavy atom. The summed E-state index contributed by atoms with van der Waals surface area (Å²) >= 11 is 0. The topological polar surface area (TPSA) is 48.7 Å². The van der Waals surface area contributed by atoms with Crippen LogP contribution < -0.4 is 5.32 Å². The van der Waals surface area contributed by atoms with Gasteiger partial charge in [0.05, 0.1) is 17.7 Å². The summed E-state index contributed by atoms with van der Waals surface area (Å²) in [5.74, 6) is -0.0452. The van der Waals surface area contributed by atoms with Crippen LogP contribution in [0.4, 0.5) is 0 Å². The van der Waals surface area contributed by atoms with Crippen LogP contribution in [0, 0.1) is 11.3 Å². The van der Waals surface area contributed by atoms with E-state index >= 15 is 0 Å². The SMILES string of the molecule is CC(C)NC(C)C.CCC(C#N)c1ccccn1. The first kappa shape index (κ1) is 16.6. The molecule has 1 aromatic rings. The van der Waals surface area contributed by atoms with Gasteiger partial charge in [-0.25, -0.2) is 0 Å². The Bertz CT molecular complexity index is 333. The van der Waals surface area contributed by atoms with E-state index in [0.29, 0.717) is 12.1 Å². The number of rotatable bonds is 4.